The number of nitrogens with one attached hydrogen (secondary N) is 2. The van der Waals surface area contributed by atoms with Gasteiger partial charge in [-0.1, -0.05) is 6.07 Å². The van der Waals surface area contributed by atoms with Crippen LogP contribution in [0.15, 0.2) is 30.3 Å². The Kier molecular flexibility index (Phi) is 6.71. The second-order valence-corrected chi connectivity index (χ2v) is 6.91. The van der Waals surface area contributed by atoms with Crippen LogP contribution in [0.1, 0.15) is 16.7 Å². The molecule has 0 radical (unpaired) electrons. The Bertz CT molecular complexity index is 1130. The Balaban J connectivity index is 1.75. The van der Waals surface area contributed by atoms with E-state index in [0.29, 0.717) is 31.9 Å². The molecular weight excluding hydrogens is 420 g/mol. The van der Waals surface area contributed by atoms with Crippen LogP contribution in [-0.4, -0.2) is 38.2 Å². The Morgan fingerprint density at radius 3 is 2.41 bits per heavy atom. The van der Waals surface area contributed by atoms with Crippen LogP contribution in [0.25, 0.3) is 0 Å². The summed E-state index contributed by atoms with van der Waals surface area (Å²) in [5.74, 6) is -1.81. The zero-order chi connectivity index (χ0) is 23.3. The number of carbonyl (C=O) groups excluding carboxylic acids is 1. The number of carbonyl (C=O) groups is 1. The molecule has 3 rings (SSSR count). The number of rotatable bonds is 4. The summed E-state index contributed by atoms with van der Waals surface area (Å²) in [5.41, 5.74) is 5.88. The molecule has 2 aromatic carbocycles. The number of benzene rings is 2. The number of ether oxygens (including phenoxy) is 1. The van der Waals surface area contributed by atoms with Crippen LogP contribution in [0, 0.1) is 39.7 Å². The minimum absolute atomic E-state index is 0.0540. The van der Waals surface area contributed by atoms with E-state index in [1.54, 1.807) is 9.80 Å². The fraction of sp³-hybridized carbons (Fsp3) is 0.238. The van der Waals surface area contributed by atoms with E-state index in [2.05, 4.69) is 0 Å². The van der Waals surface area contributed by atoms with E-state index in [1.165, 1.54) is 30.3 Å². The molecule has 1 saturated heterocycles. The van der Waals surface area contributed by atoms with E-state index in [1.807, 2.05) is 17.5 Å². The lowest BCUT2D eigenvalue weighted by Crippen LogP contribution is -2.47. The van der Waals surface area contributed by atoms with Crippen molar-refractivity contribution in [1.82, 2.24) is 5.32 Å². The largest absolute Gasteiger partial charge is 0.444 e. The van der Waals surface area contributed by atoms with Gasteiger partial charge in [0.15, 0.2) is 11.8 Å². The number of anilines is 2. The summed E-state index contributed by atoms with van der Waals surface area (Å²) in [4.78, 5) is 15.0. The Morgan fingerprint density at radius 2 is 1.81 bits per heavy atom. The Labute approximate surface area is 182 Å². The molecule has 164 valence electrons. The summed E-state index contributed by atoms with van der Waals surface area (Å²) in [6, 6.07) is 10.9. The number of nitrogens with zero attached hydrogens (tertiary/aromatic N) is 4. The van der Waals surface area contributed by atoms with E-state index >= 15 is 4.39 Å². The Hall–Kier alpha value is -4.38. The van der Waals surface area contributed by atoms with Gasteiger partial charge in [-0.25, -0.2) is 13.6 Å². The van der Waals surface area contributed by atoms with Gasteiger partial charge >= 0.3 is 6.09 Å². The first-order valence-corrected chi connectivity index (χ1v) is 9.53. The summed E-state index contributed by atoms with van der Waals surface area (Å²) in [7, 11) is 0. The number of hydrogen-bond acceptors (Lipinski definition) is 7. The molecule has 1 fully saturated rings. The summed E-state index contributed by atoms with van der Waals surface area (Å²) >= 11 is 0. The molecule has 1 aliphatic rings. The van der Waals surface area contributed by atoms with Gasteiger partial charge in [-0.2, -0.15) is 10.5 Å². The highest BCUT2D eigenvalue weighted by Gasteiger charge is 2.25. The number of amides is 1. The SMILES string of the molecule is N#Cc1ccc(N2CCN(c3c(C#N)ccc(COC(=O)NC(=N)N)c3F)CC2)c(F)c1. The van der Waals surface area contributed by atoms with Gasteiger partial charge < -0.3 is 20.3 Å². The zero-order valence-corrected chi connectivity index (χ0v) is 16.9. The molecule has 1 amide bonds. The van der Waals surface area contributed by atoms with Crippen molar-refractivity contribution in [3.05, 3.63) is 58.7 Å². The smallest absolute Gasteiger partial charge is 0.414 e. The van der Waals surface area contributed by atoms with Crippen molar-refractivity contribution in [2.24, 2.45) is 5.73 Å². The van der Waals surface area contributed by atoms with Gasteiger partial charge in [-0.05, 0) is 24.3 Å². The third-order valence-corrected chi connectivity index (χ3v) is 4.93. The van der Waals surface area contributed by atoms with Gasteiger partial charge in [-0.3, -0.25) is 10.7 Å². The maximum absolute atomic E-state index is 15.2. The number of nitrogens with two attached hydrogens (primary N) is 1. The zero-order valence-electron chi connectivity index (χ0n) is 16.9. The maximum atomic E-state index is 15.2. The number of nitriles is 2. The molecule has 4 N–H and O–H groups in total. The number of alkyl carbamates (subject to hydrolysis) is 1. The van der Waals surface area contributed by atoms with Crippen molar-refractivity contribution in [2.75, 3.05) is 36.0 Å². The van der Waals surface area contributed by atoms with Gasteiger partial charge in [0.2, 0.25) is 0 Å². The fourth-order valence-electron chi connectivity index (χ4n) is 3.41. The molecule has 0 aliphatic carbocycles. The van der Waals surface area contributed by atoms with Crippen LogP contribution >= 0.6 is 0 Å². The third kappa shape index (κ3) is 4.84. The minimum Gasteiger partial charge on any atom is -0.444 e. The number of guanidine groups is 1. The van der Waals surface area contributed by atoms with Crippen LogP contribution in [0.3, 0.4) is 0 Å². The molecule has 0 unspecified atom stereocenters. The molecule has 0 atom stereocenters. The van der Waals surface area contributed by atoms with Crippen molar-refractivity contribution in [3.8, 4) is 12.1 Å². The second kappa shape index (κ2) is 9.62. The normalized spacial score (nSPS) is 13.1. The summed E-state index contributed by atoms with van der Waals surface area (Å²) < 4.78 is 34.4. The van der Waals surface area contributed by atoms with E-state index in [4.69, 9.17) is 21.1 Å². The maximum Gasteiger partial charge on any atom is 0.414 e. The highest BCUT2D eigenvalue weighted by molar-refractivity contribution is 5.90. The monoisotopic (exact) mass is 439 g/mol. The van der Waals surface area contributed by atoms with Crippen molar-refractivity contribution < 1.29 is 18.3 Å². The van der Waals surface area contributed by atoms with Crippen molar-refractivity contribution in [2.45, 2.75) is 6.61 Å². The van der Waals surface area contributed by atoms with Crippen molar-refractivity contribution >= 4 is 23.4 Å². The van der Waals surface area contributed by atoms with Crippen molar-refractivity contribution in [1.29, 1.82) is 15.9 Å². The number of halogens is 2. The first kappa shape index (κ1) is 22.3. The highest BCUT2D eigenvalue weighted by Crippen LogP contribution is 2.30. The molecule has 0 spiro atoms. The topological polar surface area (TPSA) is 142 Å². The summed E-state index contributed by atoms with van der Waals surface area (Å²) in [6.07, 6.45) is -0.999. The molecule has 0 saturated carbocycles. The van der Waals surface area contributed by atoms with E-state index in [-0.39, 0.29) is 22.4 Å². The lowest BCUT2D eigenvalue weighted by molar-refractivity contribution is 0.143. The standard InChI is InChI=1S/C21H19F2N7O2/c22-16-9-13(10-24)1-4-17(16)29-5-7-30(8-6-29)19-14(11-25)2-3-15(18(19)23)12-32-21(31)28-20(26)27/h1-4,9H,5-8,12H2,(H4,26,27,28,31). The van der Waals surface area contributed by atoms with Gasteiger partial charge in [-0.15, -0.1) is 0 Å². The lowest BCUT2D eigenvalue weighted by atomic mass is 10.1. The molecule has 0 aromatic heterocycles. The predicted octanol–water partition coefficient (Wildman–Crippen LogP) is 2.15. The summed E-state index contributed by atoms with van der Waals surface area (Å²) in [5, 5.41) is 27.2. The predicted molar refractivity (Wildman–Crippen MR) is 112 cm³/mol. The number of hydrogen-bond donors (Lipinski definition) is 3. The molecule has 2 aromatic rings. The van der Waals surface area contributed by atoms with E-state index in [9.17, 15) is 14.4 Å². The van der Waals surface area contributed by atoms with E-state index in [0.717, 1.165) is 0 Å². The first-order valence-electron chi connectivity index (χ1n) is 9.53. The van der Waals surface area contributed by atoms with Crippen LogP contribution in [0.2, 0.25) is 0 Å². The molecule has 1 heterocycles. The quantitative estimate of drug-likeness (QED) is 0.489. The van der Waals surface area contributed by atoms with Gasteiger partial charge in [0.05, 0.1) is 28.6 Å². The fourth-order valence-corrected chi connectivity index (χ4v) is 3.41. The second-order valence-electron chi connectivity index (χ2n) is 6.91. The highest BCUT2D eigenvalue weighted by atomic mass is 19.1. The van der Waals surface area contributed by atoms with E-state index < -0.39 is 30.3 Å². The molecule has 0 bridgehead atoms. The Morgan fingerprint density at radius 1 is 1.12 bits per heavy atom. The first-order chi connectivity index (χ1) is 15.3. The van der Waals surface area contributed by atoms with Gasteiger partial charge in [0, 0.05) is 31.7 Å². The van der Waals surface area contributed by atoms with Gasteiger partial charge in [0.25, 0.3) is 0 Å². The van der Waals surface area contributed by atoms with Crippen molar-refractivity contribution in [3.63, 3.8) is 0 Å². The molecule has 11 heteroatoms. The lowest BCUT2D eigenvalue weighted by Gasteiger charge is -2.38. The average Bonchev–Trinajstić information content (AvgIpc) is 2.77. The molecule has 9 nitrogen and oxygen atoms in total. The number of piperazine rings is 1. The molecule has 32 heavy (non-hydrogen) atoms. The third-order valence-electron chi connectivity index (χ3n) is 4.93. The van der Waals surface area contributed by atoms with Crippen LogP contribution in [-0.2, 0) is 11.3 Å². The van der Waals surface area contributed by atoms with Crippen LogP contribution in [0.4, 0.5) is 25.0 Å². The summed E-state index contributed by atoms with van der Waals surface area (Å²) in [6.45, 7) is 0.962. The minimum atomic E-state index is -0.999. The van der Waals surface area contributed by atoms with Crippen LogP contribution < -0.4 is 20.9 Å². The molecule has 1 aliphatic heterocycles. The van der Waals surface area contributed by atoms with Gasteiger partial charge in [0.1, 0.15) is 18.5 Å². The van der Waals surface area contributed by atoms with Crippen LogP contribution in [0.5, 0.6) is 0 Å². The average molecular weight is 439 g/mol. The molecular formula is C21H19F2N7O2.